The van der Waals surface area contributed by atoms with Crippen LogP contribution < -0.4 is 5.32 Å². The lowest BCUT2D eigenvalue weighted by atomic mass is 9.93. The maximum atomic E-state index is 11.2. The Morgan fingerprint density at radius 3 is 2.73 bits per heavy atom. The predicted octanol–water partition coefficient (Wildman–Crippen LogP) is 1.80. The number of hydrogen-bond donors (Lipinski definition) is 2. The molecule has 1 aromatic rings. The molecule has 15 heavy (non-hydrogen) atoms. The summed E-state index contributed by atoms with van der Waals surface area (Å²) in [6.45, 7) is 3.47. The second-order valence-electron chi connectivity index (χ2n) is 4.48. The highest BCUT2D eigenvalue weighted by atomic mass is 16.3. The van der Waals surface area contributed by atoms with Crippen molar-refractivity contribution >= 4 is 11.6 Å². The normalized spacial score (nSPS) is 15.8. The van der Waals surface area contributed by atoms with Crippen molar-refractivity contribution in [2.45, 2.75) is 32.3 Å². The standard InChI is InChI=1S/C12H15NO2/c1-12(2,15)9-5-3-8-4-6-11(14)13-10(8)7-9/h3,5,7,15H,4,6H2,1-2H3,(H,13,14). The number of carbonyl (C=O) groups excluding carboxylic acids is 1. The SMILES string of the molecule is CC(C)(O)c1ccc2c(c1)NC(=O)CC2. The Morgan fingerprint density at radius 2 is 2.07 bits per heavy atom. The Balaban J connectivity index is 2.41. The quantitative estimate of drug-likeness (QED) is 0.734. The average Bonchev–Trinajstić information content (AvgIpc) is 2.15. The van der Waals surface area contributed by atoms with Crippen LogP contribution in [0.15, 0.2) is 18.2 Å². The molecule has 0 aromatic heterocycles. The Labute approximate surface area is 89.1 Å². The van der Waals surface area contributed by atoms with Gasteiger partial charge in [-0.3, -0.25) is 4.79 Å². The molecule has 2 N–H and O–H groups in total. The van der Waals surface area contributed by atoms with Crippen molar-refractivity contribution in [1.82, 2.24) is 0 Å². The molecule has 0 spiro atoms. The zero-order valence-corrected chi connectivity index (χ0v) is 9.00. The van der Waals surface area contributed by atoms with E-state index in [1.54, 1.807) is 13.8 Å². The zero-order chi connectivity index (χ0) is 11.1. The Kier molecular flexibility index (Phi) is 2.27. The number of nitrogens with one attached hydrogen (secondary N) is 1. The van der Waals surface area contributed by atoms with Crippen LogP contribution in [0.25, 0.3) is 0 Å². The van der Waals surface area contributed by atoms with E-state index in [9.17, 15) is 9.90 Å². The molecule has 0 saturated heterocycles. The van der Waals surface area contributed by atoms with Gasteiger partial charge in [0.05, 0.1) is 5.60 Å². The van der Waals surface area contributed by atoms with Crippen molar-refractivity contribution in [2.24, 2.45) is 0 Å². The molecule has 1 aliphatic heterocycles. The summed E-state index contributed by atoms with van der Waals surface area (Å²) >= 11 is 0. The van der Waals surface area contributed by atoms with Gasteiger partial charge in [-0.15, -0.1) is 0 Å². The van der Waals surface area contributed by atoms with Crippen molar-refractivity contribution < 1.29 is 9.90 Å². The van der Waals surface area contributed by atoms with Crippen LogP contribution in [-0.4, -0.2) is 11.0 Å². The summed E-state index contributed by atoms with van der Waals surface area (Å²) in [6.07, 6.45) is 1.34. The van der Waals surface area contributed by atoms with Gasteiger partial charge >= 0.3 is 0 Å². The summed E-state index contributed by atoms with van der Waals surface area (Å²) in [4.78, 5) is 11.2. The van der Waals surface area contributed by atoms with E-state index in [1.807, 2.05) is 18.2 Å². The number of benzene rings is 1. The first-order valence-corrected chi connectivity index (χ1v) is 5.12. The van der Waals surface area contributed by atoms with Crippen LogP contribution >= 0.6 is 0 Å². The molecule has 1 aliphatic rings. The molecule has 0 aliphatic carbocycles. The summed E-state index contributed by atoms with van der Waals surface area (Å²) in [5.41, 5.74) is 1.94. The highest BCUT2D eigenvalue weighted by Crippen LogP contribution is 2.28. The Hall–Kier alpha value is -1.35. The summed E-state index contributed by atoms with van der Waals surface area (Å²) in [7, 11) is 0. The first-order chi connectivity index (χ1) is 6.97. The minimum atomic E-state index is -0.864. The highest BCUT2D eigenvalue weighted by Gasteiger charge is 2.20. The molecule has 80 valence electrons. The van der Waals surface area contributed by atoms with E-state index in [4.69, 9.17) is 0 Å². The molecule has 0 fully saturated rings. The first kappa shape index (κ1) is 10.2. The highest BCUT2D eigenvalue weighted by molar-refractivity contribution is 5.94. The number of amides is 1. The molecular weight excluding hydrogens is 190 g/mol. The van der Waals surface area contributed by atoms with Gasteiger partial charge in [-0.25, -0.2) is 0 Å². The van der Waals surface area contributed by atoms with Crippen molar-refractivity contribution in [3.05, 3.63) is 29.3 Å². The molecule has 0 saturated carbocycles. The van der Waals surface area contributed by atoms with E-state index in [2.05, 4.69) is 5.32 Å². The van der Waals surface area contributed by atoms with E-state index in [0.717, 1.165) is 23.2 Å². The second kappa shape index (κ2) is 3.35. The van der Waals surface area contributed by atoms with E-state index in [0.29, 0.717) is 6.42 Å². The molecule has 2 rings (SSSR count). The van der Waals surface area contributed by atoms with Gasteiger partial charge in [0.15, 0.2) is 0 Å². The van der Waals surface area contributed by atoms with Gasteiger partial charge in [-0.05, 0) is 37.5 Å². The van der Waals surface area contributed by atoms with Crippen LogP contribution in [0.1, 0.15) is 31.4 Å². The minimum Gasteiger partial charge on any atom is -0.386 e. The summed E-state index contributed by atoms with van der Waals surface area (Å²) in [5, 5.41) is 12.7. The Morgan fingerprint density at radius 1 is 1.33 bits per heavy atom. The van der Waals surface area contributed by atoms with Crippen LogP contribution in [0.3, 0.4) is 0 Å². The van der Waals surface area contributed by atoms with Crippen LogP contribution in [0.5, 0.6) is 0 Å². The fraction of sp³-hybridized carbons (Fsp3) is 0.417. The maximum absolute atomic E-state index is 11.2. The van der Waals surface area contributed by atoms with Gasteiger partial charge < -0.3 is 10.4 Å². The first-order valence-electron chi connectivity index (χ1n) is 5.12. The topological polar surface area (TPSA) is 49.3 Å². The summed E-state index contributed by atoms with van der Waals surface area (Å²) in [6, 6.07) is 5.74. The number of fused-ring (bicyclic) bond motifs is 1. The molecule has 3 nitrogen and oxygen atoms in total. The summed E-state index contributed by atoms with van der Waals surface area (Å²) in [5.74, 6) is 0.0513. The van der Waals surface area contributed by atoms with Crippen LogP contribution in [0.4, 0.5) is 5.69 Å². The molecule has 0 atom stereocenters. The minimum absolute atomic E-state index is 0.0513. The smallest absolute Gasteiger partial charge is 0.224 e. The number of rotatable bonds is 1. The lowest BCUT2D eigenvalue weighted by molar-refractivity contribution is -0.116. The van der Waals surface area contributed by atoms with Crippen LogP contribution in [-0.2, 0) is 16.8 Å². The number of aryl methyl sites for hydroxylation is 1. The number of aliphatic hydroxyl groups is 1. The van der Waals surface area contributed by atoms with Gasteiger partial charge in [-0.1, -0.05) is 12.1 Å². The molecule has 1 heterocycles. The van der Waals surface area contributed by atoms with E-state index in [-0.39, 0.29) is 5.91 Å². The van der Waals surface area contributed by atoms with Gasteiger partial charge in [0.2, 0.25) is 5.91 Å². The third-order valence-corrected chi connectivity index (χ3v) is 2.71. The fourth-order valence-corrected chi connectivity index (χ4v) is 1.75. The third-order valence-electron chi connectivity index (χ3n) is 2.71. The Bertz CT molecular complexity index is 405. The van der Waals surface area contributed by atoms with Crippen molar-refractivity contribution in [2.75, 3.05) is 5.32 Å². The van der Waals surface area contributed by atoms with Crippen LogP contribution in [0.2, 0.25) is 0 Å². The van der Waals surface area contributed by atoms with Crippen molar-refractivity contribution in [1.29, 1.82) is 0 Å². The summed E-state index contributed by atoms with van der Waals surface area (Å²) < 4.78 is 0. The number of anilines is 1. The predicted molar refractivity (Wildman–Crippen MR) is 58.6 cm³/mol. The molecule has 0 unspecified atom stereocenters. The maximum Gasteiger partial charge on any atom is 0.224 e. The molecule has 1 aromatic carbocycles. The van der Waals surface area contributed by atoms with E-state index >= 15 is 0 Å². The molecule has 0 bridgehead atoms. The zero-order valence-electron chi connectivity index (χ0n) is 9.00. The molecular formula is C12H15NO2. The van der Waals surface area contributed by atoms with Gasteiger partial charge in [-0.2, -0.15) is 0 Å². The van der Waals surface area contributed by atoms with Gasteiger partial charge in [0, 0.05) is 12.1 Å². The third kappa shape index (κ3) is 2.02. The number of carbonyl (C=O) groups is 1. The van der Waals surface area contributed by atoms with Gasteiger partial charge in [0.1, 0.15) is 0 Å². The largest absolute Gasteiger partial charge is 0.386 e. The molecule has 0 radical (unpaired) electrons. The molecule has 3 heteroatoms. The lowest BCUT2D eigenvalue weighted by Gasteiger charge is -2.22. The second-order valence-corrected chi connectivity index (χ2v) is 4.48. The lowest BCUT2D eigenvalue weighted by Crippen LogP contribution is -2.21. The average molecular weight is 205 g/mol. The van der Waals surface area contributed by atoms with Crippen molar-refractivity contribution in [3.63, 3.8) is 0 Å². The fourth-order valence-electron chi connectivity index (χ4n) is 1.75. The molecule has 1 amide bonds. The monoisotopic (exact) mass is 205 g/mol. The van der Waals surface area contributed by atoms with Gasteiger partial charge in [0.25, 0.3) is 0 Å². The number of hydrogen-bond acceptors (Lipinski definition) is 2. The van der Waals surface area contributed by atoms with E-state index in [1.165, 1.54) is 0 Å². The van der Waals surface area contributed by atoms with E-state index < -0.39 is 5.60 Å². The van der Waals surface area contributed by atoms with Crippen molar-refractivity contribution in [3.8, 4) is 0 Å². The van der Waals surface area contributed by atoms with Crippen LogP contribution in [0, 0.1) is 0 Å².